The molecular weight excluding hydrogens is 420 g/mol. The Kier molecular flexibility index (Phi) is 6.95. The van der Waals surface area contributed by atoms with Crippen LogP contribution < -0.4 is 5.32 Å². The smallest absolute Gasteiger partial charge is 0.254 e. The zero-order valence-corrected chi connectivity index (χ0v) is 19.3. The van der Waals surface area contributed by atoms with E-state index in [2.05, 4.69) is 22.4 Å². The Hall–Kier alpha value is -3.06. The maximum absolute atomic E-state index is 13.1. The Morgan fingerprint density at radius 2 is 1.84 bits per heavy atom. The average Bonchev–Trinajstić information content (AvgIpc) is 3.48. The van der Waals surface area contributed by atoms with Gasteiger partial charge in [0.25, 0.3) is 5.91 Å². The van der Waals surface area contributed by atoms with Crippen LogP contribution in [-0.2, 0) is 11.2 Å². The Balaban J connectivity index is 1.41. The molecule has 7 heteroatoms. The molecule has 1 aliphatic heterocycles. The molecule has 2 aromatic carbocycles. The molecule has 2 heterocycles. The molecule has 0 aliphatic carbocycles. The molecular formula is C25H28N4O2S. The molecule has 0 spiro atoms. The Labute approximate surface area is 192 Å². The van der Waals surface area contributed by atoms with Crippen molar-refractivity contribution in [1.29, 1.82) is 0 Å². The molecule has 3 aromatic rings. The predicted octanol–water partition coefficient (Wildman–Crippen LogP) is 5.10. The van der Waals surface area contributed by atoms with Gasteiger partial charge in [-0.2, -0.15) is 0 Å². The third kappa shape index (κ3) is 5.05. The Morgan fingerprint density at radius 3 is 2.56 bits per heavy atom. The second kappa shape index (κ2) is 10.0. The number of hydrogen-bond acceptors (Lipinski definition) is 5. The molecule has 1 saturated heterocycles. The van der Waals surface area contributed by atoms with Gasteiger partial charge in [-0.3, -0.25) is 14.9 Å². The van der Waals surface area contributed by atoms with E-state index in [-0.39, 0.29) is 11.8 Å². The summed E-state index contributed by atoms with van der Waals surface area (Å²) in [6.45, 7) is 4.78. The molecule has 1 fully saturated rings. The van der Waals surface area contributed by atoms with Gasteiger partial charge in [-0.15, -0.1) is 10.2 Å². The predicted molar refractivity (Wildman–Crippen MR) is 128 cm³/mol. The van der Waals surface area contributed by atoms with Crippen LogP contribution in [0.1, 0.15) is 54.1 Å². The van der Waals surface area contributed by atoms with Crippen molar-refractivity contribution in [2.75, 3.05) is 11.9 Å². The van der Waals surface area contributed by atoms with Gasteiger partial charge in [0.15, 0.2) is 0 Å². The van der Waals surface area contributed by atoms with Gasteiger partial charge in [0.2, 0.25) is 11.0 Å². The molecule has 1 N–H and O–H groups in total. The van der Waals surface area contributed by atoms with Gasteiger partial charge in [-0.1, -0.05) is 66.6 Å². The van der Waals surface area contributed by atoms with E-state index < -0.39 is 6.04 Å². The van der Waals surface area contributed by atoms with Crippen LogP contribution in [0.2, 0.25) is 0 Å². The van der Waals surface area contributed by atoms with Gasteiger partial charge in [-0.25, -0.2) is 0 Å². The maximum Gasteiger partial charge on any atom is 0.254 e. The number of anilines is 1. The fourth-order valence-corrected chi connectivity index (χ4v) is 4.67. The molecule has 166 valence electrons. The molecule has 0 saturated carbocycles. The number of rotatable bonds is 7. The van der Waals surface area contributed by atoms with Gasteiger partial charge in [0.05, 0.1) is 0 Å². The van der Waals surface area contributed by atoms with Crippen LogP contribution in [0.4, 0.5) is 5.13 Å². The molecule has 1 aromatic heterocycles. The number of benzene rings is 2. The van der Waals surface area contributed by atoms with Gasteiger partial charge in [0, 0.05) is 17.7 Å². The first-order valence-corrected chi connectivity index (χ1v) is 12.0. The van der Waals surface area contributed by atoms with E-state index in [0.717, 1.165) is 36.3 Å². The molecule has 0 bridgehead atoms. The first-order valence-electron chi connectivity index (χ1n) is 11.2. The molecule has 1 unspecified atom stereocenters. The van der Waals surface area contributed by atoms with E-state index in [1.54, 1.807) is 4.90 Å². The third-order valence-electron chi connectivity index (χ3n) is 5.79. The molecule has 32 heavy (non-hydrogen) atoms. The number of aryl methyl sites for hydroxylation is 2. The van der Waals surface area contributed by atoms with Crippen LogP contribution in [0.25, 0.3) is 10.6 Å². The van der Waals surface area contributed by atoms with Gasteiger partial charge in [-0.05, 0) is 50.3 Å². The first kappa shape index (κ1) is 22.1. The summed E-state index contributed by atoms with van der Waals surface area (Å²) in [5.41, 5.74) is 4.00. The van der Waals surface area contributed by atoms with Crippen LogP contribution in [0.5, 0.6) is 0 Å². The summed E-state index contributed by atoms with van der Waals surface area (Å²) in [7, 11) is 0. The lowest BCUT2D eigenvalue weighted by molar-refractivity contribution is -0.119. The van der Waals surface area contributed by atoms with E-state index >= 15 is 0 Å². The van der Waals surface area contributed by atoms with Crippen LogP contribution >= 0.6 is 11.3 Å². The van der Waals surface area contributed by atoms with Crippen molar-refractivity contribution in [1.82, 2.24) is 15.1 Å². The number of unbranched alkanes of at least 4 members (excludes halogenated alkanes) is 1. The van der Waals surface area contributed by atoms with Crippen molar-refractivity contribution in [3.8, 4) is 10.6 Å². The van der Waals surface area contributed by atoms with Gasteiger partial charge in [0.1, 0.15) is 11.0 Å². The number of carbonyl (C=O) groups excluding carboxylic acids is 2. The van der Waals surface area contributed by atoms with E-state index in [9.17, 15) is 9.59 Å². The van der Waals surface area contributed by atoms with E-state index in [1.165, 1.54) is 22.5 Å². The highest BCUT2D eigenvalue weighted by Crippen LogP contribution is 2.28. The highest BCUT2D eigenvalue weighted by molar-refractivity contribution is 7.18. The molecule has 4 rings (SSSR count). The van der Waals surface area contributed by atoms with E-state index in [4.69, 9.17) is 0 Å². The van der Waals surface area contributed by atoms with Gasteiger partial charge >= 0.3 is 0 Å². The highest BCUT2D eigenvalue weighted by Gasteiger charge is 2.35. The summed E-state index contributed by atoms with van der Waals surface area (Å²) in [5.74, 6) is -0.302. The van der Waals surface area contributed by atoms with Crippen molar-refractivity contribution in [3.05, 3.63) is 65.2 Å². The molecule has 0 radical (unpaired) electrons. The first-order chi connectivity index (χ1) is 15.5. The lowest BCUT2D eigenvalue weighted by atomic mass is 10.1. The molecule has 2 amide bonds. The van der Waals surface area contributed by atoms with Crippen molar-refractivity contribution >= 4 is 28.3 Å². The average molecular weight is 449 g/mol. The minimum Gasteiger partial charge on any atom is -0.327 e. The fraction of sp³-hybridized carbons (Fsp3) is 0.360. The minimum atomic E-state index is -0.492. The summed E-state index contributed by atoms with van der Waals surface area (Å²) in [4.78, 5) is 27.7. The number of nitrogens with one attached hydrogen (secondary N) is 1. The fourth-order valence-electron chi connectivity index (χ4n) is 3.92. The number of carbonyl (C=O) groups is 2. The molecule has 1 aliphatic rings. The third-order valence-corrected chi connectivity index (χ3v) is 6.68. The summed E-state index contributed by atoms with van der Waals surface area (Å²) in [6, 6.07) is 15.3. The highest BCUT2D eigenvalue weighted by atomic mass is 32.1. The number of hydrogen-bond donors (Lipinski definition) is 1. The van der Waals surface area contributed by atoms with E-state index in [0.29, 0.717) is 23.7 Å². The zero-order valence-electron chi connectivity index (χ0n) is 18.5. The lowest BCUT2D eigenvalue weighted by Gasteiger charge is -2.23. The van der Waals surface area contributed by atoms with Crippen LogP contribution in [0.15, 0.2) is 48.5 Å². The van der Waals surface area contributed by atoms with E-state index in [1.807, 2.05) is 55.5 Å². The SMILES string of the molecule is CCCCc1ccc(C(=O)N2CCCC2C(=O)Nc2nnc(-c3ccc(C)cc3)s2)cc1. The van der Waals surface area contributed by atoms with Crippen LogP contribution in [0, 0.1) is 6.92 Å². The summed E-state index contributed by atoms with van der Waals surface area (Å²) < 4.78 is 0. The quantitative estimate of drug-likeness (QED) is 0.546. The monoisotopic (exact) mass is 448 g/mol. The summed E-state index contributed by atoms with van der Waals surface area (Å²) >= 11 is 1.34. The topological polar surface area (TPSA) is 75.2 Å². The van der Waals surface area contributed by atoms with Gasteiger partial charge < -0.3 is 4.90 Å². The number of likely N-dealkylation sites (tertiary alicyclic amines) is 1. The van der Waals surface area contributed by atoms with Crippen LogP contribution in [-0.4, -0.2) is 39.5 Å². The second-order valence-electron chi connectivity index (χ2n) is 8.22. The minimum absolute atomic E-state index is 0.0951. The Bertz CT molecular complexity index is 1080. The Morgan fingerprint density at radius 1 is 1.09 bits per heavy atom. The molecule has 1 atom stereocenters. The zero-order chi connectivity index (χ0) is 22.5. The summed E-state index contributed by atoms with van der Waals surface area (Å²) in [6.07, 6.45) is 4.76. The number of nitrogens with zero attached hydrogens (tertiary/aromatic N) is 3. The lowest BCUT2D eigenvalue weighted by Crippen LogP contribution is -2.43. The normalized spacial score (nSPS) is 15.7. The van der Waals surface area contributed by atoms with Crippen LogP contribution in [0.3, 0.4) is 0 Å². The largest absolute Gasteiger partial charge is 0.327 e. The summed E-state index contributed by atoms with van der Waals surface area (Å²) in [5, 5.41) is 12.4. The standard InChI is InChI=1S/C25H28N4O2S/c1-3-4-6-18-10-14-20(15-11-18)24(31)29-16-5-7-21(29)22(30)26-25-28-27-23(32-25)19-12-8-17(2)9-13-19/h8-15,21H,3-7,16H2,1-2H3,(H,26,28,30). The second-order valence-corrected chi connectivity index (χ2v) is 9.20. The van der Waals surface area contributed by atoms with Crippen molar-refractivity contribution in [2.24, 2.45) is 0 Å². The van der Waals surface area contributed by atoms with Crippen molar-refractivity contribution < 1.29 is 9.59 Å². The maximum atomic E-state index is 13.1. The number of aromatic nitrogens is 2. The van der Waals surface area contributed by atoms with Crippen molar-refractivity contribution in [3.63, 3.8) is 0 Å². The molecule has 6 nitrogen and oxygen atoms in total. The van der Waals surface area contributed by atoms with Crippen molar-refractivity contribution in [2.45, 2.75) is 52.0 Å². The number of amides is 2.